The van der Waals surface area contributed by atoms with Crippen molar-refractivity contribution in [3.8, 4) is 0 Å². The van der Waals surface area contributed by atoms with Crippen molar-refractivity contribution in [3.05, 3.63) is 43.0 Å². The van der Waals surface area contributed by atoms with Gasteiger partial charge in [0.25, 0.3) is 10.0 Å². The van der Waals surface area contributed by atoms with Crippen LogP contribution in [0.2, 0.25) is 0 Å². The number of aryl methyl sites for hydroxylation is 1. The van der Waals surface area contributed by atoms with E-state index in [1.807, 2.05) is 0 Å². The molecule has 0 saturated heterocycles. The number of thiophene rings is 1. The average Bonchev–Trinajstić information content (AvgIpc) is 2.75. The minimum absolute atomic E-state index is 0.205. The molecule has 1 aromatic carbocycles. The summed E-state index contributed by atoms with van der Waals surface area (Å²) in [4.78, 5) is 0.933. The molecule has 0 atom stereocenters. The van der Waals surface area contributed by atoms with Gasteiger partial charge < -0.3 is 5.73 Å². The van der Waals surface area contributed by atoms with Crippen LogP contribution in [0.3, 0.4) is 0 Å². The van der Waals surface area contributed by atoms with E-state index in [1.165, 1.54) is 11.3 Å². The summed E-state index contributed by atoms with van der Waals surface area (Å²) in [6.07, 6.45) is 0. The van der Waals surface area contributed by atoms with Gasteiger partial charge in [0.2, 0.25) is 0 Å². The Kier molecular flexibility index (Phi) is 4.91. The van der Waals surface area contributed by atoms with Crippen molar-refractivity contribution < 1.29 is 8.42 Å². The van der Waals surface area contributed by atoms with E-state index in [4.69, 9.17) is 5.73 Å². The zero-order valence-corrected chi connectivity index (χ0v) is 15.3. The van der Waals surface area contributed by atoms with Gasteiger partial charge in [0.05, 0.1) is 5.69 Å². The highest BCUT2D eigenvalue weighted by atomic mass is 79.9. The fourth-order valence-corrected chi connectivity index (χ4v) is 5.82. The lowest BCUT2D eigenvalue weighted by molar-refractivity contribution is 0.600. The summed E-state index contributed by atoms with van der Waals surface area (Å²) < 4.78 is 29.1. The average molecular weight is 440 g/mol. The second-order valence-electron chi connectivity index (χ2n) is 4.10. The van der Waals surface area contributed by atoms with Gasteiger partial charge in [-0.25, -0.2) is 8.42 Å². The molecule has 4 nitrogen and oxygen atoms in total. The zero-order valence-electron chi connectivity index (χ0n) is 10.5. The van der Waals surface area contributed by atoms with E-state index in [9.17, 15) is 8.42 Å². The van der Waals surface area contributed by atoms with E-state index in [0.29, 0.717) is 20.6 Å². The highest BCUT2D eigenvalue weighted by Crippen LogP contribution is 2.31. The van der Waals surface area contributed by atoms with E-state index >= 15 is 0 Å². The third-order valence-corrected chi connectivity index (χ3v) is 6.62. The minimum atomic E-state index is -3.64. The number of benzene rings is 1. The van der Waals surface area contributed by atoms with E-state index in [2.05, 4.69) is 36.6 Å². The highest BCUT2D eigenvalue weighted by molar-refractivity contribution is 9.11. The van der Waals surface area contributed by atoms with Crippen molar-refractivity contribution in [2.24, 2.45) is 5.73 Å². The summed E-state index contributed by atoms with van der Waals surface area (Å²) >= 11 is 8.02. The lowest BCUT2D eigenvalue weighted by Gasteiger charge is -2.11. The molecule has 108 valence electrons. The quantitative estimate of drug-likeness (QED) is 0.759. The van der Waals surface area contributed by atoms with Gasteiger partial charge in [0.15, 0.2) is 0 Å². The zero-order chi connectivity index (χ0) is 14.9. The fourth-order valence-electron chi connectivity index (χ4n) is 1.76. The Morgan fingerprint density at radius 1 is 1.35 bits per heavy atom. The number of hydrogen-bond acceptors (Lipinski definition) is 4. The van der Waals surface area contributed by atoms with Crippen LogP contribution in [0, 0.1) is 6.92 Å². The smallest absolute Gasteiger partial charge is 0.263 e. The molecule has 20 heavy (non-hydrogen) atoms. The SMILES string of the molecule is Cc1csc(CN)c1S(=O)(=O)Nc1ccc(Br)cc1Br. The maximum absolute atomic E-state index is 12.5. The molecule has 0 aliphatic carbocycles. The first-order chi connectivity index (χ1) is 9.35. The molecule has 1 aromatic heterocycles. The number of nitrogens with one attached hydrogen (secondary N) is 1. The topological polar surface area (TPSA) is 72.2 Å². The van der Waals surface area contributed by atoms with Crippen molar-refractivity contribution in [2.75, 3.05) is 4.72 Å². The summed E-state index contributed by atoms with van der Waals surface area (Å²) in [5.74, 6) is 0. The van der Waals surface area contributed by atoms with Gasteiger partial charge in [0, 0.05) is 20.4 Å². The van der Waals surface area contributed by atoms with Crippen LogP contribution in [0.1, 0.15) is 10.4 Å². The molecular weight excluding hydrogens is 428 g/mol. The summed E-state index contributed by atoms with van der Waals surface area (Å²) in [6.45, 7) is 1.97. The van der Waals surface area contributed by atoms with Gasteiger partial charge in [-0.15, -0.1) is 11.3 Å². The molecule has 0 aliphatic rings. The number of nitrogens with two attached hydrogens (primary N) is 1. The highest BCUT2D eigenvalue weighted by Gasteiger charge is 2.23. The second kappa shape index (κ2) is 6.15. The Labute approximate surface area is 138 Å². The first-order valence-corrected chi connectivity index (χ1v) is 9.55. The Morgan fingerprint density at radius 2 is 2.05 bits per heavy atom. The molecule has 0 radical (unpaired) electrons. The molecule has 2 rings (SSSR count). The molecule has 0 spiro atoms. The van der Waals surface area contributed by atoms with Crippen molar-refractivity contribution in [1.82, 2.24) is 0 Å². The summed E-state index contributed by atoms with van der Waals surface area (Å²) in [5, 5.41) is 1.80. The maximum Gasteiger partial charge on any atom is 0.263 e. The number of sulfonamides is 1. The number of anilines is 1. The van der Waals surface area contributed by atoms with Crippen LogP contribution < -0.4 is 10.5 Å². The summed E-state index contributed by atoms with van der Waals surface area (Å²) in [5.41, 5.74) is 6.80. The number of rotatable bonds is 4. The number of hydrogen-bond donors (Lipinski definition) is 2. The Hall–Kier alpha value is -0.410. The fraction of sp³-hybridized carbons (Fsp3) is 0.167. The molecule has 1 heterocycles. The van der Waals surface area contributed by atoms with E-state index in [0.717, 1.165) is 4.47 Å². The predicted octanol–water partition coefficient (Wildman–Crippen LogP) is 3.84. The van der Waals surface area contributed by atoms with Crippen molar-refractivity contribution in [2.45, 2.75) is 18.4 Å². The Bertz CT molecular complexity index is 742. The van der Waals surface area contributed by atoms with Gasteiger partial charge in [-0.2, -0.15) is 0 Å². The van der Waals surface area contributed by atoms with Gasteiger partial charge in [-0.1, -0.05) is 15.9 Å². The lowest BCUT2D eigenvalue weighted by atomic mass is 10.3. The van der Waals surface area contributed by atoms with Crippen molar-refractivity contribution in [1.29, 1.82) is 0 Å². The van der Waals surface area contributed by atoms with E-state index in [-0.39, 0.29) is 11.4 Å². The largest absolute Gasteiger partial charge is 0.326 e. The molecule has 0 amide bonds. The number of halogens is 2. The lowest BCUT2D eigenvalue weighted by Crippen LogP contribution is -2.16. The molecule has 8 heteroatoms. The van der Waals surface area contributed by atoms with Crippen LogP contribution in [0.4, 0.5) is 5.69 Å². The predicted molar refractivity (Wildman–Crippen MR) is 89.6 cm³/mol. The molecule has 0 fully saturated rings. The molecule has 0 unspecified atom stereocenters. The van der Waals surface area contributed by atoms with Crippen molar-refractivity contribution in [3.63, 3.8) is 0 Å². The molecule has 0 aliphatic heterocycles. The molecule has 0 saturated carbocycles. The van der Waals surface area contributed by atoms with Crippen LogP contribution in [0.25, 0.3) is 0 Å². The van der Waals surface area contributed by atoms with Crippen molar-refractivity contribution >= 4 is 58.9 Å². The first-order valence-electron chi connectivity index (χ1n) is 5.60. The van der Waals surface area contributed by atoms with Crippen LogP contribution in [0.5, 0.6) is 0 Å². The van der Waals surface area contributed by atoms with Crippen LogP contribution >= 0.6 is 43.2 Å². The second-order valence-corrected chi connectivity index (χ2v) is 8.46. The van der Waals surface area contributed by atoms with Gasteiger partial charge in [0.1, 0.15) is 4.90 Å². The maximum atomic E-state index is 12.5. The normalized spacial score (nSPS) is 11.6. The van der Waals surface area contributed by atoms with Crippen LogP contribution in [0.15, 0.2) is 37.4 Å². The van der Waals surface area contributed by atoms with Crippen LogP contribution in [-0.2, 0) is 16.6 Å². The first kappa shape index (κ1) is 16.0. The minimum Gasteiger partial charge on any atom is -0.326 e. The summed E-state index contributed by atoms with van der Waals surface area (Å²) in [6, 6.07) is 5.24. The Morgan fingerprint density at radius 3 is 2.65 bits per heavy atom. The van der Waals surface area contributed by atoms with E-state index < -0.39 is 10.0 Å². The standard InChI is InChI=1S/C12H12Br2N2O2S2/c1-7-6-19-11(5-15)12(7)20(17,18)16-10-3-2-8(13)4-9(10)14/h2-4,6,16H,5,15H2,1H3. The van der Waals surface area contributed by atoms with E-state index in [1.54, 1.807) is 30.5 Å². The Balaban J connectivity index is 2.43. The van der Waals surface area contributed by atoms with Gasteiger partial charge in [-0.3, -0.25) is 4.72 Å². The van der Waals surface area contributed by atoms with Gasteiger partial charge in [-0.05, 0) is 52.0 Å². The molecule has 3 N–H and O–H groups in total. The van der Waals surface area contributed by atoms with Crippen LogP contribution in [-0.4, -0.2) is 8.42 Å². The molecular formula is C12H12Br2N2O2S2. The summed E-state index contributed by atoms with van der Waals surface area (Å²) in [7, 11) is -3.64. The third-order valence-electron chi connectivity index (χ3n) is 2.62. The third kappa shape index (κ3) is 3.25. The molecule has 0 bridgehead atoms. The van der Waals surface area contributed by atoms with Gasteiger partial charge >= 0.3 is 0 Å². The molecule has 2 aromatic rings. The monoisotopic (exact) mass is 438 g/mol.